The van der Waals surface area contributed by atoms with E-state index < -0.39 is 12.0 Å². The molecule has 4 heteroatoms. The van der Waals surface area contributed by atoms with Gasteiger partial charge in [-0.2, -0.15) is 0 Å². The molecule has 0 aliphatic heterocycles. The van der Waals surface area contributed by atoms with Gasteiger partial charge < -0.3 is 9.84 Å². The fourth-order valence-electron chi connectivity index (χ4n) is 4.37. The molecule has 0 aliphatic rings. The maximum Gasteiger partial charge on any atom is 0.324 e. The van der Waals surface area contributed by atoms with Crippen LogP contribution >= 0.6 is 0 Å². The van der Waals surface area contributed by atoms with Gasteiger partial charge in [0.1, 0.15) is 11.8 Å². The van der Waals surface area contributed by atoms with Crippen molar-refractivity contribution in [1.82, 2.24) is 4.90 Å². The number of allylic oxidation sites excluding steroid dienone is 1. The third-order valence-corrected chi connectivity index (χ3v) is 6.46. The highest BCUT2D eigenvalue weighted by Crippen LogP contribution is 2.17. The van der Waals surface area contributed by atoms with E-state index in [0.29, 0.717) is 13.1 Å². The Morgan fingerprint density at radius 1 is 0.811 bits per heavy atom. The molecule has 0 aliphatic carbocycles. The number of aryl methyl sites for hydroxylation is 1. The van der Waals surface area contributed by atoms with Gasteiger partial charge in [-0.15, -0.1) is 0 Å². The molecule has 0 heterocycles. The van der Waals surface area contributed by atoms with Crippen LogP contribution in [0.4, 0.5) is 0 Å². The minimum Gasteiger partial charge on any atom is -0.494 e. The molecule has 0 spiro atoms. The van der Waals surface area contributed by atoms with Gasteiger partial charge in [0.25, 0.3) is 0 Å². The Hall–Kier alpha value is -3.37. The number of carboxylic acids is 1. The summed E-state index contributed by atoms with van der Waals surface area (Å²) in [5.41, 5.74) is 3.42. The van der Waals surface area contributed by atoms with Gasteiger partial charge in [0.15, 0.2) is 0 Å². The number of ether oxygens (including phenoxy) is 1. The summed E-state index contributed by atoms with van der Waals surface area (Å²) in [4.78, 5) is 14.3. The number of hydrogen-bond donors (Lipinski definition) is 1. The second-order valence-electron chi connectivity index (χ2n) is 9.53. The van der Waals surface area contributed by atoms with Crippen molar-refractivity contribution >= 4 is 5.97 Å². The monoisotopic (exact) mass is 499 g/mol. The van der Waals surface area contributed by atoms with Crippen LogP contribution in [0, 0.1) is 0 Å². The number of carbonyl (C=O) groups is 1. The Labute approximate surface area is 222 Å². The van der Waals surface area contributed by atoms with Crippen LogP contribution in [0.25, 0.3) is 0 Å². The van der Waals surface area contributed by atoms with Gasteiger partial charge in [0.2, 0.25) is 0 Å². The van der Waals surface area contributed by atoms with Crippen LogP contribution in [-0.4, -0.2) is 28.6 Å². The summed E-state index contributed by atoms with van der Waals surface area (Å²) in [7, 11) is 0. The average Bonchev–Trinajstić information content (AvgIpc) is 2.92. The lowest BCUT2D eigenvalue weighted by Gasteiger charge is -2.27. The molecule has 0 saturated carbocycles. The normalized spacial score (nSPS) is 12.2. The molecule has 3 rings (SSSR count). The van der Waals surface area contributed by atoms with E-state index in [9.17, 15) is 9.90 Å². The predicted molar refractivity (Wildman–Crippen MR) is 152 cm³/mol. The van der Waals surface area contributed by atoms with Crippen LogP contribution in [0.1, 0.15) is 62.1 Å². The number of unbranched alkanes of at least 4 members (excludes halogenated alkanes) is 4. The first-order valence-electron chi connectivity index (χ1n) is 13.6. The number of nitrogens with zero attached hydrogens (tertiary/aromatic N) is 1. The molecule has 0 bridgehead atoms. The van der Waals surface area contributed by atoms with Gasteiger partial charge in [-0.1, -0.05) is 118 Å². The van der Waals surface area contributed by atoms with Crippen molar-refractivity contribution in [2.75, 3.05) is 6.61 Å². The third kappa shape index (κ3) is 10.6. The van der Waals surface area contributed by atoms with Gasteiger partial charge in [-0.3, -0.25) is 9.69 Å². The Morgan fingerprint density at radius 2 is 1.41 bits per heavy atom. The maximum atomic E-state index is 12.3. The standard InChI is InChI=1S/C33H41NO3/c1-2-3-4-5-14-25-37-31-23-21-28(22-24-31)15-12-13-20-32(33(35)36)34(26-29-16-8-6-9-17-29)27-30-18-10-7-11-19-30/h6-11,13,16-24,32H,2-5,12,14-15,25-27H2,1H3,(H,35,36)/b20-13+. The SMILES string of the molecule is CCCCCCCOc1ccc(CC/C=C/C(C(=O)O)N(Cc2ccccc2)Cc2ccccc2)cc1. The van der Waals surface area contributed by atoms with Crippen molar-refractivity contribution in [3.63, 3.8) is 0 Å². The van der Waals surface area contributed by atoms with Crippen LogP contribution in [-0.2, 0) is 24.3 Å². The van der Waals surface area contributed by atoms with Crippen molar-refractivity contribution in [1.29, 1.82) is 0 Å². The summed E-state index contributed by atoms with van der Waals surface area (Å²) in [6.07, 6.45) is 11.6. The van der Waals surface area contributed by atoms with Crippen molar-refractivity contribution in [2.45, 2.75) is 71.0 Å². The number of rotatable bonds is 17. The lowest BCUT2D eigenvalue weighted by molar-refractivity contribution is -0.141. The number of carboxylic acid groups (broad SMARTS) is 1. The van der Waals surface area contributed by atoms with Crippen molar-refractivity contribution in [3.05, 3.63) is 114 Å². The summed E-state index contributed by atoms with van der Waals surface area (Å²) in [6.45, 7) is 4.13. The molecule has 0 aromatic heterocycles. The molecule has 0 saturated heterocycles. The van der Waals surface area contributed by atoms with Crippen LogP contribution in [0.2, 0.25) is 0 Å². The van der Waals surface area contributed by atoms with E-state index in [1.54, 1.807) is 0 Å². The Kier molecular flexibility index (Phi) is 12.5. The van der Waals surface area contributed by atoms with E-state index in [-0.39, 0.29) is 0 Å². The van der Waals surface area contributed by atoms with Gasteiger partial charge >= 0.3 is 5.97 Å². The van der Waals surface area contributed by atoms with Crippen molar-refractivity contribution < 1.29 is 14.6 Å². The second-order valence-corrected chi connectivity index (χ2v) is 9.53. The first-order chi connectivity index (χ1) is 18.2. The molecule has 1 unspecified atom stereocenters. The molecule has 4 nitrogen and oxygen atoms in total. The van der Waals surface area contributed by atoms with E-state index >= 15 is 0 Å². The molecule has 0 radical (unpaired) electrons. The van der Waals surface area contributed by atoms with Crippen molar-refractivity contribution in [3.8, 4) is 5.75 Å². The molecule has 3 aromatic carbocycles. The Morgan fingerprint density at radius 3 is 1.97 bits per heavy atom. The Balaban J connectivity index is 1.54. The van der Waals surface area contributed by atoms with Crippen LogP contribution in [0.5, 0.6) is 5.75 Å². The lowest BCUT2D eigenvalue weighted by atomic mass is 10.1. The zero-order chi connectivity index (χ0) is 26.1. The largest absolute Gasteiger partial charge is 0.494 e. The molecule has 0 amide bonds. The fraction of sp³-hybridized carbons (Fsp3) is 0.364. The number of benzene rings is 3. The van der Waals surface area contributed by atoms with E-state index in [0.717, 1.165) is 42.7 Å². The van der Waals surface area contributed by atoms with Crippen LogP contribution in [0.3, 0.4) is 0 Å². The summed E-state index contributed by atoms with van der Waals surface area (Å²) >= 11 is 0. The molecule has 1 N–H and O–H groups in total. The topological polar surface area (TPSA) is 49.8 Å². The second kappa shape index (κ2) is 16.4. The van der Waals surface area contributed by atoms with Gasteiger partial charge in [-0.25, -0.2) is 0 Å². The van der Waals surface area contributed by atoms with Crippen molar-refractivity contribution in [2.24, 2.45) is 0 Å². The molecular formula is C33H41NO3. The fourth-order valence-corrected chi connectivity index (χ4v) is 4.37. The minimum absolute atomic E-state index is 0.567. The van der Waals surface area contributed by atoms with E-state index in [4.69, 9.17) is 4.74 Å². The predicted octanol–water partition coefficient (Wildman–Crippen LogP) is 7.68. The van der Waals surface area contributed by atoms with Crippen LogP contribution in [0.15, 0.2) is 97.1 Å². The number of hydrogen-bond acceptors (Lipinski definition) is 3. The third-order valence-electron chi connectivity index (χ3n) is 6.46. The first kappa shape index (κ1) is 28.2. The van der Waals surface area contributed by atoms with E-state index in [1.807, 2.05) is 89.8 Å². The first-order valence-corrected chi connectivity index (χ1v) is 13.6. The summed E-state index contributed by atoms with van der Waals surface area (Å²) in [5.74, 6) is 0.0810. The quantitative estimate of drug-likeness (QED) is 0.153. The summed E-state index contributed by atoms with van der Waals surface area (Å²) < 4.78 is 5.86. The highest BCUT2D eigenvalue weighted by atomic mass is 16.5. The van der Waals surface area contributed by atoms with Gasteiger partial charge in [0, 0.05) is 13.1 Å². The lowest BCUT2D eigenvalue weighted by Crippen LogP contribution is -2.39. The molecule has 1 atom stereocenters. The molecule has 37 heavy (non-hydrogen) atoms. The zero-order valence-corrected chi connectivity index (χ0v) is 22.1. The molecule has 196 valence electrons. The average molecular weight is 500 g/mol. The maximum absolute atomic E-state index is 12.3. The van der Waals surface area contributed by atoms with E-state index in [1.165, 1.54) is 31.2 Å². The highest BCUT2D eigenvalue weighted by molar-refractivity contribution is 5.75. The smallest absolute Gasteiger partial charge is 0.324 e. The van der Waals surface area contributed by atoms with E-state index in [2.05, 4.69) is 19.1 Å². The van der Waals surface area contributed by atoms with Gasteiger partial charge in [-0.05, 0) is 48.1 Å². The molecular weight excluding hydrogens is 458 g/mol. The Bertz CT molecular complexity index is 1010. The van der Waals surface area contributed by atoms with Gasteiger partial charge in [0.05, 0.1) is 6.61 Å². The van der Waals surface area contributed by atoms with Crippen LogP contribution < -0.4 is 4.74 Å². The molecule has 3 aromatic rings. The summed E-state index contributed by atoms with van der Waals surface area (Å²) in [6, 6.07) is 27.7. The number of aliphatic carboxylic acids is 1. The summed E-state index contributed by atoms with van der Waals surface area (Å²) in [5, 5.41) is 10.1. The minimum atomic E-state index is -0.834. The molecule has 0 fully saturated rings. The highest BCUT2D eigenvalue weighted by Gasteiger charge is 2.23. The zero-order valence-electron chi connectivity index (χ0n) is 22.1.